The smallest absolute Gasteiger partial charge is 0.497 e. The minimum Gasteiger partial charge on any atom is -0.497 e. The number of halogens is 6. The molecule has 0 aliphatic rings. The lowest BCUT2D eigenvalue weighted by atomic mass is 9.79. The van der Waals surface area contributed by atoms with Gasteiger partial charge in [0, 0.05) is 0 Å². The molecule has 1 aromatic carbocycles. The Morgan fingerprint density at radius 3 is 2.25 bits per heavy atom. The summed E-state index contributed by atoms with van der Waals surface area (Å²) in [6.45, 7) is -6.94. The van der Waals surface area contributed by atoms with Crippen LogP contribution < -0.4 is 14.9 Å². The Labute approximate surface area is 110 Å². The van der Waals surface area contributed by atoms with E-state index >= 15 is 0 Å². The third kappa shape index (κ3) is 5.20. The number of methoxy groups -OCH3 is 1. The summed E-state index contributed by atoms with van der Waals surface area (Å²) >= 11 is 0. The van der Waals surface area contributed by atoms with Crippen LogP contribution in [-0.2, 0) is 4.74 Å². The second-order valence-corrected chi connectivity index (χ2v) is 3.62. The molecule has 1 rings (SSSR count). The highest BCUT2D eigenvalue weighted by Gasteiger charge is 2.31. The summed E-state index contributed by atoms with van der Waals surface area (Å²) < 4.78 is 86.1. The Balaban J connectivity index is 2.74. The molecule has 0 fully saturated rings. The molecule has 0 heterocycles. The summed E-state index contributed by atoms with van der Waals surface area (Å²) in [7, 11) is 1.19. The SMILES string of the molecule is COc1ccc(OCCOC(F)(F)F)c([B-](F)(F)F)c1. The van der Waals surface area contributed by atoms with Crippen molar-refractivity contribution in [1.29, 1.82) is 0 Å². The topological polar surface area (TPSA) is 27.7 Å². The van der Waals surface area contributed by atoms with Crippen molar-refractivity contribution in [2.24, 2.45) is 0 Å². The first-order valence-electron chi connectivity index (χ1n) is 5.35. The van der Waals surface area contributed by atoms with Crippen molar-refractivity contribution in [3.63, 3.8) is 0 Å². The Kier molecular flexibility index (Phi) is 5.15. The standard InChI is InChI=1S/C10H10BF6O3/c1-18-7-2-3-9(8(6-7)11(15,16)17)19-4-5-20-10(12,13)14/h2-3,6H,4-5H2,1H3/q-1. The zero-order valence-corrected chi connectivity index (χ0v) is 10.2. The lowest BCUT2D eigenvalue weighted by Crippen LogP contribution is -2.35. The van der Waals surface area contributed by atoms with Crippen molar-refractivity contribution in [3.8, 4) is 11.5 Å². The molecule has 0 amide bonds. The third-order valence-electron chi connectivity index (χ3n) is 2.18. The molecule has 114 valence electrons. The first kappa shape index (κ1) is 16.5. The van der Waals surface area contributed by atoms with Crippen molar-refractivity contribution in [3.05, 3.63) is 18.2 Å². The van der Waals surface area contributed by atoms with E-state index < -0.39 is 37.8 Å². The van der Waals surface area contributed by atoms with Gasteiger partial charge in [-0.1, -0.05) is 5.46 Å². The van der Waals surface area contributed by atoms with Crippen LogP contribution in [0.15, 0.2) is 18.2 Å². The fourth-order valence-electron chi connectivity index (χ4n) is 1.35. The zero-order chi connectivity index (χ0) is 15.4. The summed E-state index contributed by atoms with van der Waals surface area (Å²) in [6, 6.07) is 2.92. The van der Waals surface area contributed by atoms with E-state index in [-0.39, 0.29) is 5.75 Å². The minimum absolute atomic E-state index is 0.0295. The maximum atomic E-state index is 12.8. The van der Waals surface area contributed by atoms with Crippen LogP contribution in [0.2, 0.25) is 0 Å². The highest BCUT2D eigenvalue weighted by atomic mass is 19.4. The number of benzene rings is 1. The summed E-state index contributed by atoms with van der Waals surface area (Å²) in [6.07, 6.45) is -4.85. The van der Waals surface area contributed by atoms with Crippen LogP contribution in [0.3, 0.4) is 0 Å². The molecule has 0 spiro atoms. The molecule has 0 radical (unpaired) electrons. The van der Waals surface area contributed by atoms with Gasteiger partial charge in [0.05, 0.1) is 19.5 Å². The number of hydrogen-bond donors (Lipinski definition) is 0. The second kappa shape index (κ2) is 6.25. The van der Waals surface area contributed by atoms with E-state index in [0.717, 1.165) is 12.1 Å². The van der Waals surface area contributed by atoms with Crippen LogP contribution >= 0.6 is 0 Å². The van der Waals surface area contributed by atoms with Crippen molar-refractivity contribution in [2.45, 2.75) is 6.36 Å². The molecule has 0 N–H and O–H groups in total. The van der Waals surface area contributed by atoms with Crippen LogP contribution in [0.1, 0.15) is 0 Å². The molecule has 0 aliphatic carbocycles. The molecule has 0 aliphatic heterocycles. The quantitative estimate of drug-likeness (QED) is 0.459. The maximum Gasteiger partial charge on any atom is 0.522 e. The molecule has 0 unspecified atom stereocenters. The predicted molar refractivity (Wildman–Crippen MR) is 59.2 cm³/mol. The molecule has 10 heteroatoms. The summed E-state index contributed by atoms with van der Waals surface area (Å²) in [5.41, 5.74) is -1.07. The number of alkyl halides is 3. The summed E-state index contributed by atoms with van der Waals surface area (Å²) in [4.78, 5) is 0. The molecule has 20 heavy (non-hydrogen) atoms. The molecule has 0 atom stereocenters. The van der Waals surface area contributed by atoms with Gasteiger partial charge in [0.25, 0.3) is 0 Å². The highest BCUT2D eigenvalue weighted by Crippen LogP contribution is 2.22. The van der Waals surface area contributed by atoms with Crippen LogP contribution in [0.25, 0.3) is 0 Å². The summed E-state index contributed by atoms with van der Waals surface area (Å²) in [5, 5.41) is 0. The average molecular weight is 303 g/mol. The molecule has 0 saturated heterocycles. The van der Waals surface area contributed by atoms with Gasteiger partial charge in [-0.15, -0.1) is 13.2 Å². The van der Waals surface area contributed by atoms with Crippen LogP contribution in [0.5, 0.6) is 11.5 Å². The fourth-order valence-corrected chi connectivity index (χ4v) is 1.35. The van der Waals surface area contributed by atoms with E-state index in [0.29, 0.717) is 0 Å². The Morgan fingerprint density at radius 1 is 1.10 bits per heavy atom. The second-order valence-electron chi connectivity index (χ2n) is 3.62. The monoisotopic (exact) mass is 303 g/mol. The zero-order valence-electron chi connectivity index (χ0n) is 10.2. The van der Waals surface area contributed by atoms with Crippen LogP contribution in [-0.4, -0.2) is 33.7 Å². The lowest BCUT2D eigenvalue weighted by molar-refractivity contribution is -0.325. The van der Waals surface area contributed by atoms with Gasteiger partial charge >= 0.3 is 13.3 Å². The molecule has 1 aromatic rings. The van der Waals surface area contributed by atoms with Crippen molar-refractivity contribution in [1.82, 2.24) is 0 Å². The van der Waals surface area contributed by atoms with Gasteiger partial charge < -0.3 is 22.4 Å². The van der Waals surface area contributed by atoms with Gasteiger partial charge in [0.1, 0.15) is 12.4 Å². The molecule has 0 aromatic heterocycles. The van der Waals surface area contributed by atoms with E-state index in [9.17, 15) is 26.1 Å². The molecule has 0 bridgehead atoms. The van der Waals surface area contributed by atoms with Gasteiger partial charge in [-0.25, -0.2) is 0 Å². The first-order valence-corrected chi connectivity index (χ1v) is 5.35. The van der Waals surface area contributed by atoms with Crippen molar-refractivity contribution < 1.29 is 40.3 Å². The average Bonchev–Trinajstić information content (AvgIpc) is 2.32. The van der Waals surface area contributed by atoms with Gasteiger partial charge in [0.15, 0.2) is 0 Å². The van der Waals surface area contributed by atoms with Crippen LogP contribution in [0.4, 0.5) is 26.1 Å². The van der Waals surface area contributed by atoms with E-state index in [1.807, 2.05) is 0 Å². The molecule has 3 nitrogen and oxygen atoms in total. The Morgan fingerprint density at radius 2 is 1.75 bits per heavy atom. The highest BCUT2D eigenvalue weighted by molar-refractivity contribution is 6.74. The van der Waals surface area contributed by atoms with Crippen LogP contribution in [0, 0.1) is 0 Å². The van der Waals surface area contributed by atoms with E-state index in [2.05, 4.69) is 14.2 Å². The van der Waals surface area contributed by atoms with E-state index in [1.54, 1.807) is 0 Å². The Hall–Kier alpha value is -1.58. The predicted octanol–water partition coefficient (Wildman–Crippen LogP) is 2.66. The first-order chi connectivity index (χ1) is 9.13. The van der Waals surface area contributed by atoms with Gasteiger partial charge in [-0.2, -0.15) is 0 Å². The number of ether oxygens (including phenoxy) is 3. The van der Waals surface area contributed by atoms with Gasteiger partial charge in [0.2, 0.25) is 0 Å². The maximum absolute atomic E-state index is 12.8. The normalized spacial score (nSPS) is 12.3. The van der Waals surface area contributed by atoms with E-state index in [1.165, 1.54) is 13.2 Å². The lowest BCUT2D eigenvalue weighted by Gasteiger charge is -2.20. The van der Waals surface area contributed by atoms with Crippen molar-refractivity contribution >= 4 is 12.4 Å². The molecule has 0 saturated carbocycles. The van der Waals surface area contributed by atoms with Gasteiger partial charge in [-0.3, -0.25) is 4.74 Å². The fraction of sp³-hybridized carbons (Fsp3) is 0.400. The third-order valence-corrected chi connectivity index (χ3v) is 2.18. The van der Waals surface area contributed by atoms with E-state index in [4.69, 9.17) is 0 Å². The summed E-state index contributed by atoms with van der Waals surface area (Å²) in [5.74, 6) is -0.595. The molecular formula is C10H10BF6O3-. The number of hydrogen-bond acceptors (Lipinski definition) is 3. The minimum atomic E-state index is -5.38. The Bertz CT molecular complexity index is 446. The van der Waals surface area contributed by atoms with Gasteiger partial charge in [-0.05, 0) is 18.2 Å². The molecular weight excluding hydrogens is 293 g/mol. The van der Waals surface area contributed by atoms with Crippen molar-refractivity contribution in [2.75, 3.05) is 20.3 Å². The number of rotatable bonds is 6. The largest absolute Gasteiger partial charge is 0.522 e.